The summed E-state index contributed by atoms with van der Waals surface area (Å²) in [7, 11) is 1.61. The summed E-state index contributed by atoms with van der Waals surface area (Å²) in [5.74, 6) is 0.0563. The number of alkyl carbamates (subject to hydrolysis) is 1. The normalized spacial score (nSPS) is 16.2. The maximum Gasteiger partial charge on any atom is 0.407 e. The summed E-state index contributed by atoms with van der Waals surface area (Å²) in [5.41, 5.74) is 0.860. The molecule has 0 bridgehead atoms. The minimum Gasteiger partial charge on any atom is -0.497 e. The summed E-state index contributed by atoms with van der Waals surface area (Å²) in [6.45, 7) is 5.77. The van der Waals surface area contributed by atoms with E-state index in [2.05, 4.69) is 5.32 Å². The third kappa shape index (κ3) is 6.19. The third-order valence-electron chi connectivity index (χ3n) is 5.04. The van der Waals surface area contributed by atoms with Gasteiger partial charge in [-0.05, 0) is 81.4 Å². The number of rotatable bonds is 7. The number of hydrogen-bond donors (Lipinski definition) is 1. The van der Waals surface area contributed by atoms with Crippen LogP contribution in [0, 0.1) is 5.82 Å². The first-order chi connectivity index (χ1) is 15.6. The van der Waals surface area contributed by atoms with Crippen LogP contribution >= 0.6 is 12.2 Å². The molecule has 2 aromatic rings. The average molecular weight is 474 g/mol. The van der Waals surface area contributed by atoms with Gasteiger partial charge in [0, 0.05) is 6.54 Å². The van der Waals surface area contributed by atoms with Crippen LogP contribution in [-0.2, 0) is 16.0 Å². The van der Waals surface area contributed by atoms with Crippen molar-refractivity contribution in [3.63, 3.8) is 0 Å². The monoisotopic (exact) mass is 473 g/mol. The first-order valence-corrected chi connectivity index (χ1v) is 11.0. The molecule has 3 rings (SSSR count). The Morgan fingerprint density at radius 2 is 1.76 bits per heavy atom. The van der Waals surface area contributed by atoms with Crippen LogP contribution in [0.1, 0.15) is 26.3 Å². The smallest absolute Gasteiger partial charge is 0.407 e. The number of methoxy groups -OCH3 is 1. The van der Waals surface area contributed by atoms with Gasteiger partial charge >= 0.3 is 6.09 Å². The highest BCUT2D eigenvalue weighted by atomic mass is 32.1. The Hall–Kier alpha value is -3.20. The van der Waals surface area contributed by atoms with Crippen LogP contribution in [-0.4, -0.2) is 53.9 Å². The second-order valence-corrected chi connectivity index (χ2v) is 8.99. The molecule has 0 aliphatic carbocycles. The molecule has 2 aromatic carbocycles. The molecule has 1 atom stereocenters. The number of thiocarbonyl (C=S) groups is 1. The van der Waals surface area contributed by atoms with Gasteiger partial charge in [-0.15, -0.1) is 0 Å². The van der Waals surface area contributed by atoms with E-state index in [0.717, 1.165) is 11.3 Å². The van der Waals surface area contributed by atoms with Gasteiger partial charge in [-0.25, -0.2) is 9.18 Å². The van der Waals surface area contributed by atoms with Crippen LogP contribution in [0.4, 0.5) is 14.9 Å². The largest absolute Gasteiger partial charge is 0.497 e. The third-order valence-corrected chi connectivity index (χ3v) is 5.46. The Balaban J connectivity index is 1.78. The number of nitrogens with zero attached hydrogens (tertiary/aromatic N) is 2. The van der Waals surface area contributed by atoms with E-state index >= 15 is 0 Å². The van der Waals surface area contributed by atoms with Crippen LogP contribution in [0.15, 0.2) is 48.5 Å². The molecule has 1 aliphatic heterocycles. The molecule has 1 fully saturated rings. The van der Waals surface area contributed by atoms with E-state index in [1.807, 2.05) is 24.3 Å². The van der Waals surface area contributed by atoms with E-state index in [0.29, 0.717) is 23.8 Å². The van der Waals surface area contributed by atoms with Crippen LogP contribution in [0.3, 0.4) is 0 Å². The van der Waals surface area contributed by atoms with Gasteiger partial charge in [-0.1, -0.05) is 12.1 Å². The number of carbonyl (C=O) groups excluding carboxylic acids is 2. The summed E-state index contributed by atoms with van der Waals surface area (Å²) in [6, 6.07) is 12.5. The zero-order chi connectivity index (χ0) is 24.2. The zero-order valence-electron chi connectivity index (χ0n) is 19.1. The zero-order valence-corrected chi connectivity index (χ0v) is 19.9. The maximum absolute atomic E-state index is 13.4. The molecule has 1 N–H and O–H groups in total. The number of ether oxygens (including phenoxy) is 2. The minimum absolute atomic E-state index is 0.0220. The quantitative estimate of drug-likeness (QED) is 0.615. The van der Waals surface area contributed by atoms with E-state index in [1.165, 1.54) is 29.2 Å². The molecule has 1 unspecified atom stereocenters. The van der Waals surface area contributed by atoms with Crippen molar-refractivity contribution >= 4 is 35.0 Å². The molecule has 1 heterocycles. The summed E-state index contributed by atoms with van der Waals surface area (Å²) in [4.78, 5) is 28.6. The maximum atomic E-state index is 13.4. The van der Waals surface area contributed by atoms with Crippen molar-refractivity contribution < 1.29 is 23.5 Å². The highest BCUT2D eigenvalue weighted by Crippen LogP contribution is 2.26. The predicted molar refractivity (Wildman–Crippen MR) is 128 cm³/mol. The SMILES string of the molecule is COc1ccc(CCN2C(=S)N(c3ccc(F)cc3)C(=O)C2CNC(=O)OC(C)(C)C)cc1. The molecular formula is C24H28FN3O4S. The number of halogens is 1. The lowest BCUT2D eigenvalue weighted by Crippen LogP contribution is -2.46. The van der Waals surface area contributed by atoms with Gasteiger partial charge < -0.3 is 19.7 Å². The fourth-order valence-electron chi connectivity index (χ4n) is 3.45. The summed E-state index contributed by atoms with van der Waals surface area (Å²) < 4.78 is 23.9. The van der Waals surface area contributed by atoms with E-state index in [4.69, 9.17) is 21.7 Å². The second kappa shape index (κ2) is 10.2. The number of anilines is 1. The van der Waals surface area contributed by atoms with Gasteiger partial charge in [0.2, 0.25) is 0 Å². The van der Waals surface area contributed by atoms with E-state index in [-0.39, 0.29) is 12.5 Å². The minimum atomic E-state index is -0.715. The molecule has 0 spiro atoms. The van der Waals surface area contributed by atoms with Crippen LogP contribution in [0.2, 0.25) is 0 Å². The molecule has 1 aliphatic rings. The fourth-order valence-corrected chi connectivity index (χ4v) is 3.87. The number of benzene rings is 2. The lowest BCUT2D eigenvalue weighted by molar-refractivity contribution is -0.119. The Bertz CT molecular complexity index is 1010. The molecule has 7 nitrogen and oxygen atoms in total. The Labute approximate surface area is 198 Å². The number of hydrogen-bond acceptors (Lipinski definition) is 5. The van der Waals surface area contributed by atoms with Crippen molar-refractivity contribution in [3.8, 4) is 5.75 Å². The van der Waals surface area contributed by atoms with E-state index in [9.17, 15) is 14.0 Å². The Kier molecular flexibility index (Phi) is 7.53. The van der Waals surface area contributed by atoms with Crippen molar-refractivity contribution in [1.82, 2.24) is 10.2 Å². The van der Waals surface area contributed by atoms with Crippen LogP contribution < -0.4 is 15.0 Å². The second-order valence-electron chi connectivity index (χ2n) is 8.62. The van der Waals surface area contributed by atoms with Crippen molar-refractivity contribution in [1.29, 1.82) is 0 Å². The van der Waals surface area contributed by atoms with Crippen LogP contribution in [0.25, 0.3) is 0 Å². The molecule has 0 aromatic heterocycles. The molecule has 9 heteroatoms. The lowest BCUT2D eigenvalue weighted by Gasteiger charge is -2.25. The Morgan fingerprint density at radius 1 is 1.12 bits per heavy atom. The van der Waals surface area contributed by atoms with Gasteiger partial charge in [0.05, 0.1) is 19.3 Å². The highest BCUT2D eigenvalue weighted by molar-refractivity contribution is 7.80. The van der Waals surface area contributed by atoms with Gasteiger partial charge in [-0.3, -0.25) is 9.69 Å². The predicted octanol–water partition coefficient (Wildman–Crippen LogP) is 3.90. The topological polar surface area (TPSA) is 71.1 Å². The molecule has 1 saturated heterocycles. The van der Waals surface area contributed by atoms with Crippen molar-refractivity contribution in [2.24, 2.45) is 0 Å². The molecular weight excluding hydrogens is 445 g/mol. The highest BCUT2D eigenvalue weighted by Gasteiger charge is 2.43. The molecule has 176 valence electrons. The molecule has 33 heavy (non-hydrogen) atoms. The number of carbonyl (C=O) groups is 2. The van der Waals surface area contributed by atoms with Gasteiger partial charge in [0.1, 0.15) is 23.2 Å². The van der Waals surface area contributed by atoms with Gasteiger partial charge in [-0.2, -0.15) is 0 Å². The summed E-state index contributed by atoms with van der Waals surface area (Å²) in [5, 5.41) is 2.97. The first-order valence-electron chi connectivity index (χ1n) is 10.6. The van der Waals surface area contributed by atoms with Crippen molar-refractivity contribution in [2.45, 2.75) is 38.8 Å². The van der Waals surface area contributed by atoms with Crippen LogP contribution in [0.5, 0.6) is 5.75 Å². The van der Waals surface area contributed by atoms with Crippen molar-refractivity contribution in [3.05, 3.63) is 59.9 Å². The summed E-state index contributed by atoms with van der Waals surface area (Å²) in [6.07, 6.45) is 0.00833. The van der Waals surface area contributed by atoms with E-state index < -0.39 is 23.6 Å². The molecule has 0 saturated carbocycles. The Morgan fingerprint density at radius 3 is 2.33 bits per heavy atom. The molecule has 2 amide bonds. The lowest BCUT2D eigenvalue weighted by atomic mass is 10.1. The molecule has 0 radical (unpaired) electrons. The van der Waals surface area contributed by atoms with E-state index in [1.54, 1.807) is 32.8 Å². The first kappa shape index (κ1) is 24.4. The van der Waals surface area contributed by atoms with Gasteiger partial charge in [0.25, 0.3) is 5.91 Å². The summed E-state index contributed by atoms with van der Waals surface area (Å²) >= 11 is 5.63. The fraction of sp³-hybridized carbons (Fsp3) is 0.375. The number of nitrogens with one attached hydrogen (secondary N) is 1. The average Bonchev–Trinajstić information content (AvgIpc) is 2.99. The van der Waals surface area contributed by atoms with Gasteiger partial charge in [0.15, 0.2) is 5.11 Å². The van der Waals surface area contributed by atoms with Crippen molar-refractivity contribution in [2.75, 3.05) is 25.1 Å². The standard InChI is InChI=1S/C24H28FN3O4S/c1-24(2,3)32-22(30)26-15-20-21(29)28(18-9-7-17(25)8-10-18)23(33)27(20)14-13-16-5-11-19(31-4)12-6-16/h5-12,20H,13-15H2,1-4H3,(H,26,30). The number of amides is 2.